The van der Waals surface area contributed by atoms with E-state index in [0.29, 0.717) is 0 Å². The van der Waals surface area contributed by atoms with E-state index in [1.54, 1.807) is 7.11 Å². The first-order chi connectivity index (χ1) is 10.3. The van der Waals surface area contributed by atoms with Crippen molar-refractivity contribution in [3.8, 4) is 0 Å². The molecule has 21 heavy (non-hydrogen) atoms. The minimum absolute atomic E-state index is 0.110. The van der Waals surface area contributed by atoms with E-state index in [0.717, 1.165) is 37.2 Å². The predicted molar refractivity (Wildman–Crippen MR) is 86.6 cm³/mol. The molecule has 0 amide bonds. The molecule has 3 nitrogen and oxygen atoms in total. The summed E-state index contributed by atoms with van der Waals surface area (Å²) in [6.07, 6.45) is 3.21. The lowest BCUT2D eigenvalue weighted by molar-refractivity contribution is 0.109. The second-order valence-electron chi connectivity index (χ2n) is 5.59. The van der Waals surface area contributed by atoms with Crippen molar-refractivity contribution in [3.05, 3.63) is 59.4 Å². The maximum atomic E-state index is 6.14. The van der Waals surface area contributed by atoms with Crippen molar-refractivity contribution in [2.75, 3.05) is 7.11 Å². The topological polar surface area (TPSA) is 47.3 Å². The van der Waals surface area contributed by atoms with Crippen LogP contribution in [-0.2, 0) is 11.3 Å². The van der Waals surface area contributed by atoms with Crippen LogP contribution in [0.25, 0.3) is 10.8 Å². The van der Waals surface area contributed by atoms with Gasteiger partial charge in [0, 0.05) is 19.4 Å². The summed E-state index contributed by atoms with van der Waals surface area (Å²) in [6.45, 7) is 0.778. The van der Waals surface area contributed by atoms with Gasteiger partial charge < -0.3 is 15.8 Å². The lowest BCUT2D eigenvalue weighted by atomic mass is 9.98. The molecule has 2 aromatic carbocycles. The Bertz CT molecular complexity index is 663. The third kappa shape index (κ3) is 3.03. The average Bonchev–Trinajstić information content (AvgIpc) is 2.53. The minimum Gasteiger partial charge on any atom is -0.401 e. The van der Waals surface area contributed by atoms with Crippen LogP contribution in [0.2, 0.25) is 0 Å². The Balaban J connectivity index is 1.76. The number of benzene rings is 2. The largest absolute Gasteiger partial charge is 0.401 e. The molecule has 1 aliphatic rings. The molecule has 0 saturated heterocycles. The fraction of sp³-hybridized carbons (Fsp3) is 0.333. The van der Waals surface area contributed by atoms with Crippen LogP contribution in [-0.4, -0.2) is 13.2 Å². The highest BCUT2D eigenvalue weighted by Crippen LogP contribution is 2.23. The van der Waals surface area contributed by atoms with Crippen LogP contribution in [0.3, 0.4) is 0 Å². The second-order valence-corrected chi connectivity index (χ2v) is 5.59. The molecule has 0 bridgehead atoms. The Morgan fingerprint density at radius 1 is 1.19 bits per heavy atom. The van der Waals surface area contributed by atoms with Gasteiger partial charge in [-0.2, -0.15) is 0 Å². The first-order valence-corrected chi connectivity index (χ1v) is 7.51. The van der Waals surface area contributed by atoms with Crippen LogP contribution in [0, 0.1) is 0 Å². The maximum Gasteiger partial charge on any atom is 0.0983 e. The van der Waals surface area contributed by atoms with E-state index in [2.05, 4.69) is 47.8 Å². The van der Waals surface area contributed by atoms with Crippen LogP contribution in [0.4, 0.5) is 0 Å². The SMILES string of the molecule is COC1CCCC(N)=C1NCc1ccc2ccccc2c1. The zero-order valence-corrected chi connectivity index (χ0v) is 12.4. The summed E-state index contributed by atoms with van der Waals surface area (Å²) in [5.41, 5.74) is 9.40. The normalized spacial score (nSPS) is 19.0. The Labute approximate surface area is 125 Å². The standard InChI is InChI=1S/C18H22N2O/c1-21-17-8-4-7-16(19)18(17)20-12-13-9-10-14-5-2-3-6-15(14)11-13/h2-3,5-6,9-11,17,20H,4,7-8,12,19H2,1H3. The Morgan fingerprint density at radius 3 is 2.81 bits per heavy atom. The first kappa shape index (κ1) is 14.0. The van der Waals surface area contributed by atoms with Gasteiger partial charge in [-0.15, -0.1) is 0 Å². The molecule has 0 saturated carbocycles. The number of hydrogen-bond donors (Lipinski definition) is 2. The van der Waals surface area contributed by atoms with Crippen LogP contribution in [0.1, 0.15) is 24.8 Å². The maximum absolute atomic E-state index is 6.14. The van der Waals surface area contributed by atoms with Crippen molar-refractivity contribution in [1.82, 2.24) is 5.32 Å². The Morgan fingerprint density at radius 2 is 2.00 bits per heavy atom. The highest BCUT2D eigenvalue weighted by Gasteiger charge is 2.21. The minimum atomic E-state index is 0.110. The predicted octanol–water partition coefficient (Wildman–Crippen LogP) is 3.30. The Hall–Kier alpha value is -2.00. The number of rotatable bonds is 4. The van der Waals surface area contributed by atoms with E-state index in [1.165, 1.54) is 16.3 Å². The molecule has 2 aromatic rings. The van der Waals surface area contributed by atoms with Gasteiger partial charge in [0.25, 0.3) is 0 Å². The van der Waals surface area contributed by atoms with Gasteiger partial charge in [-0.05, 0) is 41.7 Å². The number of nitrogens with one attached hydrogen (secondary N) is 1. The second kappa shape index (κ2) is 6.19. The van der Waals surface area contributed by atoms with Gasteiger partial charge in [-0.25, -0.2) is 0 Å². The molecule has 1 aliphatic carbocycles. The lowest BCUT2D eigenvalue weighted by Crippen LogP contribution is -2.32. The fourth-order valence-electron chi connectivity index (χ4n) is 2.97. The van der Waals surface area contributed by atoms with Gasteiger partial charge in [0.1, 0.15) is 0 Å². The monoisotopic (exact) mass is 282 g/mol. The summed E-state index contributed by atoms with van der Waals surface area (Å²) in [5.74, 6) is 0. The van der Waals surface area contributed by atoms with Gasteiger partial charge in [0.05, 0.1) is 11.8 Å². The van der Waals surface area contributed by atoms with E-state index in [4.69, 9.17) is 10.5 Å². The summed E-state index contributed by atoms with van der Waals surface area (Å²) in [4.78, 5) is 0. The Kier molecular flexibility index (Phi) is 4.11. The molecule has 1 atom stereocenters. The molecule has 110 valence electrons. The van der Waals surface area contributed by atoms with Crippen LogP contribution in [0.5, 0.6) is 0 Å². The molecule has 1 unspecified atom stereocenters. The molecule has 3 heteroatoms. The number of fused-ring (bicyclic) bond motifs is 1. The molecule has 0 aliphatic heterocycles. The number of allylic oxidation sites excluding steroid dienone is 1. The average molecular weight is 282 g/mol. The van der Waals surface area contributed by atoms with E-state index in [9.17, 15) is 0 Å². The summed E-state index contributed by atoms with van der Waals surface area (Å²) in [6, 6.07) is 15.0. The zero-order valence-electron chi connectivity index (χ0n) is 12.4. The van der Waals surface area contributed by atoms with Crippen LogP contribution < -0.4 is 11.1 Å². The van der Waals surface area contributed by atoms with Crippen molar-refractivity contribution in [2.45, 2.75) is 31.9 Å². The van der Waals surface area contributed by atoms with E-state index in [-0.39, 0.29) is 6.10 Å². The van der Waals surface area contributed by atoms with Crippen molar-refractivity contribution in [2.24, 2.45) is 5.73 Å². The highest BCUT2D eigenvalue weighted by atomic mass is 16.5. The lowest BCUT2D eigenvalue weighted by Gasteiger charge is -2.27. The summed E-state index contributed by atoms with van der Waals surface area (Å²) < 4.78 is 5.53. The van der Waals surface area contributed by atoms with Crippen LogP contribution in [0.15, 0.2) is 53.9 Å². The smallest absolute Gasteiger partial charge is 0.0983 e. The van der Waals surface area contributed by atoms with Gasteiger partial charge in [0.2, 0.25) is 0 Å². The number of nitrogens with two attached hydrogens (primary N) is 1. The number of methoxy groups -OCH3 is 1. The zero-order chi connectivity index (χ0) is 14.7. The summed E-state index contributed by atoms with van der Waals surface area (Å²) in [7, 11) is 1.75. The van der Waals surface area contributed by atoms with E-state index < -0.39 is 0 Å². The van der Waals surface area contributed by atoms with Crippen molar-refractivity contribution < 1.29 is 4.74 Å². The van der Waals surface area contributed by atoms with Crippen molar-refractivity contribution in [1.29, 1.82) is 0 Å². The van der Waals surface area contributed by atoms with Crippen LogP contribution >= 0.6 is 0 Å². The van der Waals surface area contributed by atoms with E-state index in [1.807, 2.05) is 0 Å². The molecular formula is C18H22N2O. The van der Waals surface area contributed by atoms with Gasteiger partial charge >= 0.3 is 0 Å². The third-order valence-electron chi connectivity index (χ3n) is 4.16. The first-order valence-electron chi connectivity index (χ1n) is 7.51. The summed E-state index contributed by atoms with van der Waals surface area (Å²) >= 11 is 0. The van der Waals surface area contributed by atoms with Gasteiger partial charge in [-0.1, -0.05) is 36.4 Å². The molecule has 3 rings (SSSR count). The molecule has 0 aromatic heterocycles. The molecule has 0 spiro atoms. The molecule has 3 N–H and O–H groups in total. The number of hydrogen-bond acceptors (Lipinski definition) is 3. The van der Waals surface area contributed by atoms with E-state index >= 15 is 0 Å². The molecular weight excluding hydrogens is 260 g/mol. The quantitative estimate of drug-likeness (QED) is 0.904. The molecule has 0 heterocycles. The number of ether oxygens (including phenoxy) is 1. The fourth-order valence-corrected chi connectivity index (χ4v) is 2.97. The third-order valence-corrected chi connectivity index (χ3v) is 4.16. The molecule has 0 fully saturated rings. The van der Waals surface area contributed by atoms with Crippen molar-refractivity contribution >= 4 is 10.8 Å². The van der Waals surface area contributed by atoms with Gasteiger partial charge in [0.15, 0.2) is 0 Å². The molecule has 0 radical (unpaired) electrons. The highest BCUT2D eigenvalue weighted by molar-refractivity contribution is 5.82. The summed E-state index contributed by atoms with van der Waals surface area (Å²) in [5, 5.41) is 6.02. The van der Waals surface area contributed by atoms with Gasteiger partial charge in [-0.3, -0.25) is 0 Å². The van der Waals surface area contributed by atoms with Crippen molar-refractivity contribution in [3.63, 3.8) is 0 Å².